The summed E-state index contributed by atoms with van der Waals surface area (Å²) in [6.45, 7) is 1.99. The van der Waals surface area contributed by atoms with E-state index in [2.05, 4.69) is 10.2 Å². The van der Waals surface area contributed by atoms with Gasteiger partial charge in [-0.3, -0.25) is 14.9 Å². The Balaban J connectivity index is 1.85. The smallest absolute Gasteiger partial charge is 0.324 e. The first-order valence-corrected chi connectivity index (χ1v) is 8.93. The normalized spacial score (nSPS) is 11.7. The number of esters is 1. The molecule has 0 amide bonds. The highest BCUT2D eigenvalue weighted by atomic mass is 32.2. The van der Waals surface area contributed by atoms with Crippen LogP contribution >= 0.6 is 11.8 Å². The summed E-state index contributed by atoms with van der Waals surface area (Å²) >= 11 is 1.07. The van der Waals surface area contributed by atoms with Crippen LogP contribution in [0.1, 0.15) is 17.7 Å². The molecule has 0 bridgehead atoms. The number of nitro groups is 1. The third-order valence-corrected chi connectivity index (χ3v) is 4.60. The molecule has 2 aromatic carbocycles. The van der Waals surface area contributed by atoms with Gasteiger partial charge in [0.1, 0.15) is 5.25 Å². The van der Waals surface area contributed by atoms with E-state index in [0.29, 0.717) is 5.56 Å². The van der Waals surface area contributed by atoms with Crippen molar-refractivity contribution < 1.29 is 18.9 Å². The van der Waals surface area contributed by atoms with Crippen molar-refractivity contribution in [3.63, 3.8) is 0 Å². The molecule has 27 heavy (non-hydrogen) atoms. The van der Waals surface area contributed by atoms with Gasteiger partial charge in [0.25, 0.3) is 10.9 Å². The Bertz CT molecular complexity index is 945. The van der Waals surface area contributed by atoms with E-state index in [1.165, 1.54) is 18.2 Å². The predicted molar refractivity (Wildman–Crippen MR) is 98.1 cm³/mol. The second-order valence-corrected chi connectivity index (χ2v) is 6.40. The number of thioether (sulfide) groups is 1. The summed E-state index contributed by atoms with van der Waals surface area (Å²) in [4.78, 5) is 22.8. The molecule has 0 aliphatic heterocycles. The quantitative estimate of drug-likeness (QED) is 0.259. The highest BCUT2D eigenvalue weighted by molar-refractivity contribution is 8.00. The van der Waals surface area contributed by atoms with E-state index >= 15 is 0 Å². The summed E-state index contributed by atoms with van der Waals surface area (Å²) < 4.78 is 10.7. The zero-order valence-corrected chi connectivity index (χ0v) is 15.1. The lowest BCUT2D eigenvalue weighted by molar-refractivity contribution is -0.384. The number of ether oxygens (including phenoxy) is 1. The van der Waals surface area contributed by atoms with Gasteiger partial charge < -0.3 is 9.15 Å². The molecule has 1 heterocycles. The Morgan fingerprint density at radius 2 is 2.00 bits per heavy atom. The van der Waals surface area contributed by atoms with Gasteiger partial charge in [-0.05, 0) is 30.3 Å². The van der Waals surface area contributed by atoms with Crippen LogP contribution in [0.3, 0.4) is 0 Å². The van der Waals surface area contributed by atoms with Crippen molar-refractivity contribution in [3.05, 3.63) is 70.3 Å². The summed E-state index contributed by atoms with van der Waals surface area (Å²) in [5.74, 6) is -0.277. The molecule has 0 saturated carbocycles. The molecule has 3 rings (SSSR count). The van der Waals surface area contributed by atoms with Gasteiger partial charge in [0.05, 0.1) is 11.5 Å². The van der Waals surface area contributed by atoms with Crippen LogP contribution in [-0.2, 0) is 9.53 Å². The average molecular weight is 385 g/mol. The minimum atomic E-state index is -0.662. The van der Waals surface area contributed by atoms with Crippen LogP contribution in [0, 0.1) is 10.1 Å². The van der Waals surface area contributed by atoms with Crippen molar-refractivity contribution in [2.75, 3.05) is 6.61 Å². The Hall–Kier alpha value is -3.20. The maximum Gasteiger partial charge on any atom is 0.324 e. The molecule has 0 aliphatic carbocycles. The van der Waals surface area contributed by atoms with Gasteiger partial charge in [0.2, 0.25) is 5.89 Å². The lowest BCUT2D eigenvalue weighted by Crippen LogP contribution is -2.13. The monoisotopic (exact) mass is 385 g/mol. The van der Waals surface area contributed by atoms with Crippen molar-refractivity contribution in [2.45, 2.75) is 17.4 Å². The van der Waals surface area contributed by atoms with E-state index in [4.69, 9.17) is 9.15 Å². The molecule has 0 saturated heterocycles. The van der Waals surface area contributed by atoms with E-state index in [-0.39, 0.29) is 23.4 Å². The summed E-state index contributed by atoms with van der Waals surface area (Å²) in [5.41, 5.74) is 1.10. The summed E-state index contributed by atoms with van der Waals surface area (Å²) in [7, 11) is 0. The van der Waals surface area contributed by atoms with Crippen molar-refractivity contribution in [1.29, 1.82) is 0 Å². The van der Waals surface area contributed by atoms with E-state index in [1.54, 1.807) is 13.0 Å². The van der Waals surface area contributed by atoms with Gasteiger partial charge in [-0.15, -0.1) is 10.2 Å². The zero-order chi connectivity index (χ0) is 19.2. The van der Waals surface area contributed by atoms with E-state index < -0.39 is 16.1 Å². The molecule has 0 N–H and O–H groups in total. The van der Waals surface area contributed by atoms with Crippen LogP contribution in [0.5, 0.6) is 0 Å². The molecule has 3 aromatic rings. The van der Waals surface area contributed by atoms with Crippen LogP contribution in [0.4, 0.5) is 5.69 Å². The topological polar surface area (TPSA) is 108 Å². The maximum absolute atomic E-state index is 12.3. The van der Waals surface area contributed by atoms with Gasteiger partial charge in [-0.1, -0.05) is 36.4 Å². The number of nitro benzene ring substituents is 1. The number of hydrogen-bond donors (Lipinski definition) is 0. The second kappa shape index (κ2) is 8.45. The molecule has 1 unspecified atom stereocenters. The Labute approximate surface area is 158 Å². The number of hydrogen-bond acceptors (Lipinski definition) is 8. The Kier molecular flexibility index (Phi) is 5.82. The van der Waals surface area contributed by atoms with Crippen molar-refractivity contribution in [1.82, 2.24) is 10.2 Å². The first-order chi connectivity index (χ1) is 13.1. The number of non-ortho nitro benzene ring substituents is 1. The highest BCUT2D eigenvalue weighted by Gasteiger charge is 2.26. The van der Waals surface area contributed by atoms with E-state index in [0.717, 1.165) is 17.3 Å². The van der Waals surface area contributed by atoms with Crippen LogP contribution in [0.2, 0.25) is 0 Å². The third kappa shape index (κ3) is 4.50. The third-order valence-electron chi connectivity index (χ3n) is 3.53. The van der Waals surface area contributed by atoms with Crippen molar-refractivity contribution >= 4 is 23.4 Å². The van der Waals surface area contributed by atoms with Gasteiger partial charge in [-0.25, -0.2) is 0 Å². The van der Waals surface area contributed by atoms with Gasteiger partial charge in [-0.2, -0.15) is 0 Å². The first-order valence-electron chi connectivity index (χ1n) is 8.05. The lowest BCUT2D eigenvalue weighted by Gasteiger charge is -2.13. The minimum Gasteiger partial charge on any atom is -0.465 e. The maximum atomic E-state index is 12.3. The SMILES string of the molecule is CCOC(=O)C(Sc1nnc(-c2cccc([N+](=O)[O-])c2)o1)c1ccccc1. The molecule has 1 atom stereocenters. The van der Waals surface area contributed by atoms with Crippen molar-refractivity contribution in [2.24, 2.45) is 0 Å². The fraction of sp³-hybridized carbons (Fsp3) is 0.167. The minimum absolute atomic E-state index is 0.0754. The van der Waals surface area contributed by atoms with Gasteiger partial charge in [0, 0.05) is 17.7 Å². The van der Waals surface area contributed by atoms with Crippen LogP contribution in [-0.4, -0.2) is 27.7 Å². The Morgan fingerprint density at radius 1 is 1.22 bits per heavy atom. The molecule has 8 nitrogen and oxygen atoms in total. The molecule has 0 radical (unpaired) electrons. The predicted octanol–water partition coefficient (Wildman–Crippen LogP) is 4.04. The summed E-state index contributed by atoms with van der Waals surface area (Å²) in [6.07, 6.45) is 0. The number of aromatic nitrogens is 2. The summed E-state index contributed by atoms with van der Waals surface area (Å²) in [5, 5.41) is 18.3. The van der Waals surface area contributed by atoms with Crippen LogP contribution < -0.4 is 0 Å². The molecular formula is C18H15N3O5S. The number of carbonyl (C=O) groups is 1. The first kappa shape index (κ1) is 18.6. The number of benzene rings is 2. The molecule has 0 fully saturated rings. The van der Waals surface area contributed by atoms with Gasteiger partial charge in [0.15, 0.2) is 0 Å². The standard InChI is InChI=1S/C18H15N3O5S/c1-2-25-17(22)15(12-7-4-3-5-8-12)27-18-20-19-16(26-18)13-9-6-10-14(11-13)21(23)24/h3-11,15H,2H2,1H3. The highest BCUT2D eigenvalue weighted by Crippen LogP contribution is 2.36. The second-order valence-electron chi connectivity index (χ2n) is 5.34. The van der Waals surface area contributed by atoms with E-state index in [9.17, 15) is 14.9 Å². The number of rotatable bonds is 7. The molecule has 0 aliphatic rings. The van der Waals surface area contributed by atoms with E-state index in [1.807, 2.05) is 30.3 Å². The molecule has 9 heteroatoms. The molecule has 138 valence electrons. The van der Waals surface area contributed by atoms with Crippen LogP contribution in [0.25, 0.3) is 11.5 Å². The average Bonchev–Trinajstić information content (AvgIpc) is 3.16. The van der Waals surface area contributed by atoms with Crippen LogP contribution in [0.15, 0.2) is 64.2 Å². The summed E-state index contributed by atoms with van der Waals surface area (Å²) in [6, 6.07) is 15.0. The van der Waals surface area contributed by atoms with Crippen molar-refractivity contribution in [3.8, 4) is 11.5 Å². The molecule has 1 aromatic heterocycles. The number of nitrogens with zero attached hydrogens (tertiary/aromatic N) is 3. The fourth-order valence-electron chi connectivity index (χ4n) is 2.33. The molecular weight excluding hydrogens is 370 g/mol. The lowest BCUT2D eigenvalue weighted by atomic mass is 10.1. The largest absolute Gasteiger partial charge is 0.465 e. The Morgan fingerprint density at radius 3 is 2.70 bits per heavy atom. The zero-order valence-electron chi connectivity index (χ0n) is 14.3. The molecule has 0 spiro atoms. The fourth-order valence-corrected chi connectivity index (χ4v) is 3.20. The number of carbonyl (C=O) groups excluding carboxylic acids is 1. The van der Waals surface area contributed by atoms with Gasteiger partial charge >= 0.3 is 5.97 Å².